The first-order valence-corrected chi connectivity index (χ1v) is 7.92. The van der Waals surface area contributed by atoms with Gasteiger partial charge in [-0.1, -0.05) is 13.0 Å². The molecule has 0 spiro atoms. The van der Waals surface area contributed by atoms with E-state index in [1.165, 1.54) is 42.1 Å². The lowest BCUT2D eigenvalue weighted by molar-refractivity contribution is 0.517. The first-order chi connectivity index (χ1) is 10.2. The zero-order chi connectivity index (χ0) is 14.8. The number of nitrogens with one attached hydrogen (secondary N) is 1. The van der Waals surface area contributed by atoms with E-state index in [0.29, 0.717) is 12.0 Å². The Bertz CT molecular complexity index is 678. The van der Waals surface area contributed by atoms with Gasteiger partial charge >= 0.3 is 0 Å². The van der Waals surface area contributed by atoms with Gasteiger partial charge in [0.15, 0.2) is 5.69 Å². The first kappa shape index (κ1) is 14.2. The van der Waals surface area contributed by atoms with Gasteiger partial charge in [0, 0.05) is 24.8 Å². The lowest BCUT2D eigenvalue weighted by Gasteiger charge is -2.12. The van der Waals surface area contributed by atoms with E-state index in [0.717, 1.165) is 12.2 Å². The van der Waals surface area contributed by atoms with Crippen LogP contribution < -0.4 is 5.32 Å². The summed E-state index contributed by atoms with van der Waals surface area (Å²) in [6.07, 6.45) is 7.21. The Hall–Kier alpha value is -1.79. The molecule has 3 nitrogen and oxygen atoms in total. The lowest BCUT2D eigenvalue weighted by atomic mass is 9.96. The molecule has 2 unspecified atom stereocenters. The maximum absolute atomic E-state index is 7.22. The van der Waals surface area contributed by atoms with Crippen LogP contribution in [-0.4, -0.2) is 17.2 Å². The van der Waals surface area contributed by atoms with Crippen LogP contribution in [0.15, 0.2) is 24.4 Å². The molecular weight excluding hydrogens is 258 g/mol. The van der Waals surface area contributed by atoms with Gasteiger partial charge in [0.25, 0.3) is 0 Å². The monoisotopic (exact) mass is 281 g/mol. The van der Waals surface area contributed by atoms with Crippen LogP contribution in [0.4, 0.5) is 5.69 Å². The number of aryl methyl sites for hydroxylation is 1. The van der Waals surface area contributed by atoms with Gasteiger partial charge in [-0.2, -0.15) is 0 Å². The fourth-order valence-corrected chi connectivity index (χ4v) is 3.60. The third-order valence-electron chi connectivity index (χ3n) is 4.69. The number of hydrogen-bond donors (Lipinski definition) is 1. The molecular formula is C18H23N3. The predicted molar refractivity (Wildman–Crippen MR) is 87.9 cm³/mol. The summed E-state index contributed by atoms with van der Waals surface area (Å²) in [6, 6.07) is 6.71. The van der Waals surface area contributed by atoms with Crippen molar-refractivity contribution in [2.24, 2.45) is 7.05 Å². The minimum absolute atomic E-state index is 0.629. The fourth-order valence-electron chi connectivity index (χ4n) is 3.60. The minimum atomic E-state index is 0.629. The van der Waals surface area contributed by atoms with E-state index < -0.39 is 0 Å². The first-order valence-electron chi connectivity index (χ1n) is 7.92. The maximum atomic E-state index is 7.22. The van der Waals surface area contributed by atoms with Crippen molar-refractivity contribution in [3.8, 4) is 0 Å². The van der Waals surface area contributed by atoms with Crippen LogP contribution in [0, 0.1) is 6.57 Å². The Morgan fingerprint density at radius 2 is 2.24 bits per heavy atom. The Morgan fingerprint density at radius 1 is 1.38 bits per heavy atom. The second-order valence-electron chi connectivity index (χ2n) is 6.17. The zero-order valence-electron chi connectivity index (χ0n) is 12.9. The van der Waals surface area contributed by atoms with Crippen molar-refractivity contribution in [2.75, 3.05) is 6.54 Å². The molecule has 1 heterocycles. The molecule has 1 aromatic heterocycles. The number of hydrogen-bond acceptors (Lipinski definition) is 1. The molecule has 110 valence electrons. The second-order valence-corrected chi connectivity index (χ2v) is 6.17. The summed E-state index contributed by atoms with van der Waals surface area (Å²) >= 11 is 0. The quantitative estimate of drug-likeness (QED) is 0.826. The van der Waals surface area contributed by atoms with E-state index in [2.05, 4.69) is 47.0 Å². The molecule has 1 aromatic carbocycles. The van der Waals surface area contributed by atoms with Gasteiger partial charge in [-0.05, 0) is 61.2 Å². The Balaban J connectivity index is 1.89. The molecule has 1 aliphatic rings. The van der Waals surface area contributed by atoms with Gasteiger partial charge in [0.05, 0.1) is 6.57 Å². The number of benzene rings is 1. The largest absolute Gasteiger partial charge is 0.350 e. The third-order valence-corrected chi connectivity index (χ3v) is 4.69. The van der Waals surface area contributed by atoms with Gasteiger partial charge in [0.1, 0.15) is 0 Å². The van der Waals surface area contributed by atoms with Crippen molar-refractivity contribution >= 4 is 16.6 Å². The smallest absolute Gasteiger partial charge is 0.187 e. The number of nitrogens with zero attached hydrogens (tertiary/aromatic N) is 2. The number of aromatic nitrogens is 1. The summed E-state index contributed by atoms with van der Waals surface area (Å²) in [5.41, 5.74) is 3.41. The normalized spacial score (nSPS) is 21.8. The molecule has 1 fully saturated rings. The standard InChI is InChI=1S/C18H23N3/c1-4-9-20-15-6-5-13(10-15)17-12-21(3)18-8-7-14(19-2)11-16(17)18/h7-8,11-13,15,20H,4-6,9-10H2,1,3H3. The van der Waals surface area contributed by atoms with E-state index in [1.54, 1.807) is 0 Å². The molecule has 1 N–H and O–H groups in total. The summed E-state index contributed by atoms with van der Waals surface area (Å²) in [4.78, 5) is 3.58. The van der Waals surface area contributed by atoms with Crippen molar-refractivity contribution in [1.29, 1.82) is 0 Å². The molecule has 2 atom stereocenters. The molecule has 0 aliphatic heterocycles. The molecule has 3 rings (SSSR count). The van der Waals surface area contributed by atoms with Crippen LogP contribution in [0.25, 0.3) is 15.7 Å². The molecule has 0 bridgehead atoms. The molecule has 3 heteroatoms. The van der Waals surface area contributed by atoms with Gasteiger partial charge in [-0.25, -0.2) is 4.85 Å². The average Bonchev–Trinajstić information content (AvgIpc) is 3.09. The van der Waals surface area contributed by atoms with E-state index in [1.807, 2.05) is 6.07 Å². The van der Waals surface area contributed by atoms with Crippen molar-refractivity contribution in [3.05, 3.63) is 41.4 Å². The second kappa shape index (κ2) is 5.91. The SMILES string of the molecule is [C-]#[N+]c1ccc2c(c1)c(C1CCC(NCCC)C1)cn2C. The van der Waals surface area contributed by atoms with E-state index >= 15 is 0 Å². The molecule has 21 heavy (non-hydrogen) atoms. The molecule has 0 amide bonds. The van der Waals surface area contributed by atoms with Crippen molar-refractivity contribution in [2.45, 2.75) is 44.6 Å². The molecule has 2 aromatic rings. The highest BCUT2D eigenvalue weighted by Crippen LogP contribution is 2.39. The Labute approximate surface area is 126 Å². The summed E-state index contributed by atoms with van der Waals surface area (Å²) in [7, 11) is 2.10. The summed E-state index contributed by atoms with van der Waals surface area (Å²) in [5.74, 6) is 0.629. The topological polar surface area (TPSA) is 21.3 Å². The molecule has 0 saturated heterocycles. The maximum Gasteiger partial charge on any atom is 0.187 e. The van der Waals surface area contributed by atoms with Crippen LogP contribution in [0.5, 0.6) is 0 Å². The van der Waals surface area contributed by atoms with Crippen molar-refractivity contribution in [1.82, 2.24) is 9.88 Å². The predicted octanol–water partition coefficient (Wildman–Crippen LogP) is 4.36. The Morgan fingerprint density at radius 3 is 3.00 bits per heavy atom. The highest BCUT2D eigenvalue weighted by molar-refractivity contribution is 5.87. The van der Waals surface area contributed by atoms with Crippen LogP contribution >= 0.6 is 0 Å². The number of fused-ring (bicyclic) bond motifs is 1. The average molecular weight is 281 g/mol. The number of rotatable bonds is 4. The zero-order valence-corrected chi connectivity index (χ0v) is 12.9. The minimum Gasteiger partial charge on any atom is -0.350 e. The van der Waals surface area contributed by atoms with Gasteiger partial charge in [-0.3, -0.25) is 0 Å². The van der Waals surface area contributed by atoms with E-state index in [4.69, 9.17) is 6.57 Å². The van der Waals surface area contributed by atoms with Crippen LogP contribution in [0.1, 0.15) is 44.1 Å². The highest BCUT2D eigenvalue weighted by Gasteiger charge is 2.27. The highest BCUT2D eigenvalue weighted by atomic mass is 14.9. The third kappa shape index (κ3) is 2.69. The molecule has 1 aliphatic carbocycles. The van der Waals surface area contributed by atoms with E-state index in [9.17, 15) is 0 Å². The lowest BCUT2D eigenvalue weighted by Crippen LogP contribution is -2.26. The van der Waals surface area contributed by atoms with Crippen LogP contribution in [0.3, 0.4) is 0 Å². The van der Waals surface area contributed by atoms with E-state index in [-0.39, 0.29) is 0 Å². The van der Waals surface area contributed by atoms with Gasteiger partial charge in [0.2, 0.25) is 0 Å². The van der Waals surface area contributed by atoms with Crippen LogP contribution in [0.2, 0.25) is 0 Å². The molecule has 1 saturated carbocycles. The Kier molecular flexibility index (Phi) is 3.98. The summed E-state index contributed by atoms with van der Waals surface area (Å²) in [6.45, 7) is 10.6. The van der Waals surface area contributed by atoms with Crippen molar-refractivity contribution in [3.63, 3.8) is 0 Å². The summed E-state index contributed by atoms with van der Waals surface area (Å²) in [5, 5.41) is 4.92. The fraction of sp³-hybridized carbons (Fsp3) is 0.500. The molecule has 0 radical (unpaired) electrons. The van der Waals surface area contributed by atoms with Gasteiger partial charge < -0.3 is 9.88 Å². The van der Waals surface area contributed by atoms with Crippen LogP contribution in [-0.2, 0) is 7.05 Å². The summed E-state index contributed by atoms with van der Waals surface area (Å²) < 4.78 is 2.20. The van der Waals surface area contributed by atoms with Crippen molar-refractivity contribution < 1.29 is 0 Å². The van der Waals surface area contributed by atoms with Gasteiger partial charge in [-0.15, -0.1) is 0 Å².